The predicted octanol–water partition coefficient (Wildman–Crippen LogP) is 4.77. The van der Waals surface area contributed by atoms with Crippen LogP contribution >= 0.6 is 23.2 Å². The van der Waals surface area contributed by atoms with E-state index >= 15 is 0 Å². The normalized spacial score (nSPS) is 12.2. The van der Waals surface area contributed by atoms with Crippen molar-refractivity contribution in [2.45, 2.75) is 12.3 Å². The molecular weight excluding hydrogens is 286 g/mol. The van der Waals surface area contributed by atoms with Crippen molar-refractivity contribution in [1.29, 1.82) is 0 Å². The van der Waals surface area contributed by atoms with Crippen LogP contribution in [0.3, 0.4) is 0 Å². The molecule has 0 aliphatic carbocycles. The lowest BCUT2D eigenvalue weighted by atomic mass is 9.89. The third kappa shape index (κ3) is 3.79. The standard InChI is InChI=1S/C15H11Cl2FO/c16-12-5-1-10(2-6-12)14(9-15(17)19)11-3-7-13(18)8-4-11/h1-8,14H,9H2. The van der Waals surface area contributed by atoms with E-state index in [0.29, 0.717) is 5.02 Å². The van der Waals surface area contributed by atoms with Crippen LogP contribution in [0.4, 0.5) is 4.39 Å². The van der Waals surface area contributed by atoms with Gasteiger partial charge < -0.3 is 0 Å². The van der Waals surface area contributed by atoms with Gasteiger partial charge in [0.1, 0.15) is 5.82 Å². The summed E-state index contributed by atoms with van der Waals surface area (Å²) in [6, 6.07) is 13.3. The van der Waals surface area contributed by atoms with Crippen molar-refractivity contribution in [3.63, 3.8) is 0 Å². The van der Waals surface area contributed by atoms with Crippen molar-refractivity contribution in [1.82, 2.24) is 0 Å². The van der Waals surface area contributed by atoms with Crippen LogP contribution in [0, 0.1) is 5.82 Å². The Bertz CT molecular complexity index is 518. The van der Waals surface area contributed by atoms with E-state index in [9.17, 15) is 9.18 Å². The molecule has 0 aromatic heterocycles. The Hall–Kier alpha value is -1.38. The second-order valence-corrected chi connectivity index (χ2v) is 5.07. The first-order valence-electron chi connectivity index (χ1n) is 5.75. The summed E-state index contributed by atoms with van der Waals surface area (Å²) in [5, 5.41) is 0.197. The predicted molar refractivity (Wildman–Crippen MR) is 75.2 cm³/mol. The van der Waals surface area contributed by atoms with E-state index < -0.39 is 5.24 Å². The summed E-state index contributed by atoms with van der Waals surface area (Å²) in [6.07, 6.45) is 0.162. The minimum atomic E-state index is -0.427. The molecule has 2 aromatic carbocycles. The molecule has 0 radical (unpaired) electrons. The van der Waals surface area contributed by atoms with Crippen LogP contribution < -0.4 is 0 Å². The Labute approximate surface area is 121 Å². The maximum atomic E-state index is 13.0. The molecule has 0 spiro atoms. The van der Waals surface area contributed by atoms with E-state index in [1.165, 1.54) is 12.1 Å². The highest BCUT2D eigenvalue weighted by atomic mass is 35.5. The molecule has 0 N–H and O–H groups in total. The lowest BCUT2D eigenvalue weighted by Gasteiger charge is -2.16. The monoisotopic (exact) mass is 296 g/mol. The molecule has 98 valence electrons. The minimum absolute atomic E-state index is 0.162. The Morgan fingerprint density at radius 2 is 1.47 bits per heavy atom. The zero-order chi connectivity index (χ0) is 13.8. The van der Waals surface area contributed by atoms with E-state index in [1.54, 1.807) is 24.3 Å². The Balaban J connectivity index is 2.37. The van der Waals surface area contributed by atoms with Crippen molar-refractivity contribution in [2.75, 3.05) is 0 Å². The zero-order valence-electron chi connectivity index (χ0n) is 9.95. The number of rotatable bonds is 4. The van der Waals surface area contributed by atoms with E-state index in [4.69, 9.17) is 23.2 Å². The molecule has 1 atom stereocenters. The van der Waals surface area contributed by atoms with E-state index in [0.717, 1.165) is 11.1 Å². The number of carbonyl (C=O) groups is 1. The number of hydrogen-bond donors (Lipinski definition) is 0. The average Bonchev–Trinajstić information content (AvgIpc) is 2.38. The second-order valence-electron chi connectivity index (χ2n) is 4.21. The molecule has 4 heteroatoms. The third-order valence-electron chi connectivity index (χ3n) is 2.91. The molecule has 0 fully saturated rings. The summed E-state index contributed by atoms with van der Waals surface area (Å²) < 4.78 is 13.0. The summed E-state index contributed by atoms with van der Waals surface area (Å²) in [6.45, 7) is 0. The molecule has 0 aliphatic rings. The van der Waals surface area contributed by atoms with Crippen LogP contribution in [-0.2, 0) is 4.79 Å². The fourth-order valence-electron chi connectivity index (χ4n) is 1.98. The van der Waals surface area contributed by atoms with Crippen LogP contribution in [0.15, 0.2) is 48.5 Å². The summed E-state index contributed by atoms with van der Waals surface area (Å²) in [4.78, 5) is 11.2. The number of hydrogen-bond acceptors (Lipinski definition) is 1. The van der Waals surface area contributed by atoms with Crippen LogP contribution in [0.25, 0.3) is 0 Å². The smallest absolute Gasteiger partial charge is 0.222 e. The summed E-state index contributed by atoms with van der Waals surface area (Å²) in [7, 11) is 0. The molecule has 1 unspecified atom stereocenters. The molecule has 0 saturated carbocycles. The molecule has 0 saturated heterocycles. The van der Waals surface area contributed by atoms with Crippen LogP contribution in [0.2, 0.25) is 5.02 Å². The van der Waals surface area contributed by atoms with E-state index in [-0.39, 0.29) is 18.2 Å². The van der Waals surface area contributed by atoms with Gasteiger partial charge in [-0.1, -0.05) is 35.9 Å². The van der Waals surface area contributed by atoms with Gasteiger partial charge in [-0.15, -0.1) is 0 Å². The molecular formula is C15H11Cl2FO. The number of benzene rings is 2. The first-order chi connectivity index (χ1) is 9.06. The van der Waals surface area contributed by atoms with Crippen molar-refractivity contribution in [3.05, 3.63) is 70.5 Å². The summed E-state index contributed by atoms with van der Waals surface area (Å²) in [5.41, 5.74) is 1.77. The molecule has 2 rings (SSSR count). The fourth-order valence-corrected chi connectivity index (χ4v) is 2.26. The molecule has 0 heterocycles. The molecule has 2 aromatic rings. The van der Waals surface area contributed by atoms with Crippen LogP contribution in [0.1, 0.15) is 23.5 Å². The number of halogens is 3. The maximum Gasteiger partial charge on any atom is 0.222 e. The lowest BCUT2D eigenvalue weighted by molar-refractivity contribution is -0.111. The Kier molecular flexibility index (Phi) is 4.56. The summed E-state index contributed by atoms with van der Waals surface area (Å²) in [5.74, 6) is -0.501. The highest BCUT2D eigenvalue weighted by molar-refractivity contribution is 6.63. The minimum Gasteiger partial charge on any atom is -0.281 e. The van der Waals surface area contributed by atoms with Crippen LogP contribution in [0.5, 0.6) is 0 Å². The maximum absolute atomic E-state index is 13.0. The van der Waals surface area contributed by atoms with Gasteiger partial charge in [0.05, 0.1) is 0 Å². The first-order valence-corrected chi connectivity index (χ1v) is 6.51. The average molecular weight is 297 g/mol. The van der Waals surface area contributed by atoms with E-state index in [1.807, 2.05) is 12.1 Å². The van der Waals surface area contributed by atoms with Crippen molar-refractivity contribution >= 4 is 28.4 Å². The van der Waals surface area contributed by atoms with Gasteiger partial charge in [0.2, 0.25) is 5.24 Å². The van der Waals surface area contributed by atoms with Crippen LogP contribution in [-0.4, -0.2) is 5.24 Å². The fraction of sp³-hybridized carbons (Fsp3) is 0.133. The topological polar surface area (TPSA) is 17.1 Å². The summed E-state index contributed by atoms with van der Waals surface area (Å²) >= 11 is 11.3. The Morgan fingerprint density at radius 1 is 1.00 bits per heavy atom. The Morgan fingerprint density at radius 3 is 1.95 bits per heavy atom. The molecule has 0 amide bonds. The second kappa shape index (κ2) is 6.18. The van der Waals surface area contributed by atoms with Gasteiger partial charge in [-0.05, 0) is 47.0 Å². The van der Waals surface area contributed by atoms with Gasteiger partial charge >= 0.3 is 0 Å². The molecule has 0 bridgehead atoms. The molecule has 0 aliphatic heterocycles. The quantitative estimate of drug-likeness (QED) is 0.743. The van der Waals surface area contributed by atoms with Crippen molar-refractivity contribution in [2.24, 2.45) is 0 Å². The van der Waals surface area contributed by atoms with E-state index in [2.05, 4.69) is 0 Å². The van der Waals surface area contributed by atoms with Gasteiger partial charge in [-0.25, -0.2) is 4.39 Å². The number of carbonyl (C=O) groups excluding carboxylic acids is 1. The highest BCUT2D eigenvalue weighted by Gasteiger charge is 2.17. The molecule has 19 heavy (non-hydrogen) atoms. The SMILES string of the molecule is O=C(Cl)CC(c1ccc(F)cc1)c1ccc(Cl)cc1. The van der Waals surface area contributed by atoms with Gasteiger partial charge in [-0.3, -0.25) is 4.79 Å². The van der Waals surface area contributed by atoms with Crippen molar-refractivity contribution in [3.8, 4) is 0 Å². The van der Waals surface area contributed by atoms with Gasteiger partial charge in [0, 0.05) is 17.4 Å². The molecule has 1 nitrogen and oxygen atoms in total. The highest BCUT2D eigenvalue weighted by Crippen LogP contribution is 2.29. The van der Waals surface area contributed by atoms with Gasteiger partial charge in [-0.2, -0.15) is 0 Å². The van der Waals surface area contributed by atoms with Gasteiger partial charge in [0.25, 0.3) is 0 Å². The third-order valence-corrected chi connectivity index (χ3v) is 3.32. The van der Waals surface area contributed by atoms with Gasteiger partial charge in [0.15, 0.2) is 0 Å². The first kappa shape index (κ1) is 14.0. The zero-order valence-corrected chi connectivity index (χ0v) is 11.5. The lowest BCUT2D eigenvalue weighted by Crippen LogP contribution is -2.05. The largest absolute Gasteiger partial charge is 0.281 e. The van der Waals surface area contributed by atoms with Crippen molar-refractivity contribution < 1.29 is 9.18 Å².